The predicted octanol–water partition coefficient (Wildman–Crippen LogP) is 3.84. The molecule has 0 unspecified atom stereocenters. The number of hydrogen-bond acceptors (Lipinski definition) is 4. The number of phenols is 1. The van der Waals surface area contributed by atoms with Crippen LogP contribution in [0.3, 0.4) is 0 Å². The normalized spacial score (nSPS) is 13.2. The molecule has 27 heavy (non-hydrogen) atoms. The van der Waals surface area contributed by atoms with E-state index in [2.05, 4.69) is 10.3 Å². The van der Waals surface area contributed by atoms with Crippen molar-refractivity contribution in [1.82, 2.24) is 10.3 Å². The molecule has 7 heteroatoms. The molecule has 5 rings (SSSR count). The number of fused-ring (bicyclic) bond motifs is 5. The lowest BCUT2D eigenvalue weighted by Crippen LogP contribution is -2.20. The van der Waals surface area contributed by atoms with Gasteiger partial charge in [0.2, 0.25) is 0 Å². The maximum absolute atomic E-state index is 13.7. The smallest absolute Gasteiger partial charge is 0.262 e. The van der Waals surface area contributed by atoms with Crippen molar-refractivity contribution in [2.75, 3.05) is 0 Å². The molecule has 4 aromatic rings. The van der Waals surface area contributed by atoms with Crippen LogP contribution < -0.4 is 10.1 Å². The number of carbonyl (C=O) groups is 2. The lowest BCUT2D eigenvalue weighted by molar-refractivity contribution is 0.0879. The van der Waals surface area contributed by atoms with Gasteiger partial charge < -0.3 is 14.8 Å². The number of benzene rings is 3. The third-order valence-corrected chi connectivity index (χ3v) is 4.58. The Morgan fingerprint density at radius 2 is 1.67 bits per heavy atom. The van der Waals surface area contributed by atoms with E-state index in [1.165, 1.54) is 18.2 Å². The molecule has 0 bridgehead atoms. The summed E-state index contributed by atoms with van der Waals surface area (Å²) in [7, 11) is 0. The number of carbonyl (C=O) groups excluding carboxylic acids is 2. The SMILES string of the molecule is O=C1NC(=O)c2c1c(Oc1ccccc1O)cc1[nH]c3ccc(F)cc3c21. The lowest BCUT2D eigenvalue weighted by Gasteiger charge is -2.11. The Balaban J connectivity index is 1.84. The van der Waals surface area contributed by atoms with E-state index in [1.807, 2.05) is 0 Å². The van der Waals surface area contributed by atoms with Crippen molar-refractivity contribution < 1.29 is 23.8 Å². The van der Waals surface area contributed by atoms with Gasteiger partial charge in [-0.1, -0.05) is 12.1 Å². The molecule has 2 amide bonds. The van der Waals surface area contributed by atoms with Gasteiger partial charge in [-0.25, -0.2) is 4.39 Å². The molecule has 0 spiro atoms. The zero-order valence-electron chi connectivity index (χ0n) is 13.7. The zero-order chi connectivity index (χ0) is 18.7. The third kappa shape index (κ3) is 2.18. The third-order valence-electron chi connectivity index (χ3n) is 4.58. The van der Waals surface area contributed by atoms with Crippen LogP contribution in [-0.2, 0) is 0 Å². The highest BCUT2D eigenvalue weighted by atomic mass is 19.1. The van der Waals surface area contributed by atoms with Crippen molar-refractivity contribution in [3.63, 3.8) is 0 Å². The van der Waals surface area contributed by atoms with E-state index in [0.29, 0.717) is 21.8 Å². The second kappa shape index (κ2) is 5.31. The van der Waals surface area contributed by atoms with Crippen LogP contribution in [0.25, 0.3) is 21.8 Å². The Labute approximate surface area is 151 Å². The molecule has 6 nitrogen and oxygen atoms in total. The standard InChI is InChI=1S/C20H11FN2O4/c21-9-5-6-11-10(7-9)16-12(22-11)8-15(17-18(16)20(26)23-19(17)25)27-14-4-2-1-3-13(14)24/h1-8,22,24H,(H,23,25,26). The molecule has 0 fully saturated rings. The fourth-order valence-electron chi connectivity index (χ4n) is 3.44. The molecule has 1 aliphatic rings. The molecule has 1 aliphatic heterocycles. The number of ether oxygens (including phenoxy) is 1. The van der Waals surface area contributed by atoms with Crippen LogP contribution in [0.4, 0.5) is 4.39 Å². The number of H-pyrrole nitrogens is 1. The number of phenolic OH excluding ortho intramolecular Hbond substituents is 1. The van der Waals surface area contributed by atoms with E-state index in [1.54, 1.807) is 30.3 Å². The Kier molecular flexibility index (Phi) is 3.03. The predicted molar refractivity (Wildman–Crippen MR) is 95.7 cm³/mol. The number of halogens is 1. The minimum Gasteiger partial charge on any atom is -0.504 e. The van der Waals surface area contributed by atoms with E-state index in [4.69, 9.17) is 4.74 Å². The number of aromatic nitrogens is 1. The van der Waals surface area contributed by atoms with Crippen molar-refractivity contribution in [2.24, 2.45) is 0 Å². The van der Waals surface area contributed by atoms with E-state index in [9.17, 15) is 19.1 Å². The van der Waals surface area contributed by atoms with Gasteiger partial charge in [0, 0.05) is 22.4 Å². The molecule has 1 aromatic heterocycles. The molecular formula is C20H11FN2O4. The highest BCUT2D eigenvalue weighted by Crippen LogP contribution is 2.41. The molecular weight excluding hydrogens is 351 g/mol. The van der Waals surface area contributed by atoms with Crippen molar-refractivity contribution in [2.45, 2.75) is 0 Å². The molecule has 132 valence electrons. The summed E-state index contributed by atoms with van der Waals surface area (Å²) in [6.07, 6.45) is 0. The summed E-state index contributed by atoms with van der Waals surface area (Å²) in [6, 6.07) is 12.1. The summed E-state index contributed by atoms with van der Waals surface area (Å²) in [6.45, 7) is 0. The van der Waals surface area contributed by atoms with Crippen LogP contribution >= 0.6 is 0 Å². The fraction of sp³-hybridized carbons (Fsp3) is 0. The number of aromatic hydroxyl groups is 1. The summed E-state index contributed by atoms with van der Waals surface area (Å²) in [5.41, 5.74) is 1.32. The van der Waals surface area contributed by atoms with Gasteiger partial charge in [-0.2, -0.15) is 0 Å². The number of aromatic amines is 1. The number of hydrogen-bond donors (Lipinski definition) is 3. The molecule has 0 saturated heterocycles. The number of nitrogens with one attached hydrogen (secondary N) is 2. The Morgan fingerprint density at radius 1 is 0.889 bits per heavy atom. The van der Waals surface area contributed by atoms with Crippen LogP contribution in [0.2, 0.25) is 0 Å². The first-order valence-corrected chi connectivity index (χ1v) is 8.12. The number of para-hydroxylation sites is 2. The summed E-state index contributed by atoms with van der Waals surface area (Å²) in [4.78, 5) is 27.9. The number of amides is 2. The van der Waals surface area contributed by atoms with Crippen molar-refractivity contribution in [3.05, 3.63) is 65.5 Å². The average molecular weight is 362 g/mol. The van der Waals surface area contributed by atoms with E-state index < -0.39 is 17.6 Å². The highest BCUT2D eigenvalue weighted by Gasteiger charge is 2.34. The lowest BCUT2D eigenvalue weighted by atomic mass is 10.0. The minimum absolute atomic E-state index is 0.0564. The number of imide groups is 1. The van der Waals surface area contributed by atoms with Gasteiger partial charge in [-0.15, -0.1) is 0 Å². The Hall–Kier alpha value is -3.87. The second-order valence-electron chi connectivity index (χ2n) is 6.22. The first-order valence-electron chi connectivity index (χ1n) is 8.12. The molecule has 3 aromatic carbocycles. The van der Waals surface area contributed by atoms with Crippen molar-refractivity contribution >= 4 is 33.6 Å². The van der Waals surface area contributed by atoms with E-state index in [-0.39, 0.29) is 28.4 Å². The van der Waals surface area contributed by atoms with Gasteiger partial charge in [-0.05, 0) is 30.3 Å². The summed E-state index contributed by atoms with van der Waals surface area (Å²) in [5, 5.41) is 13.2. The molecule has 0 atom stereocenters. The van der Waals surface area contributed by atoms with Gasteiger partial charge in [0.05, 0.1) is 16.6 Å². The summed E-state index contributed by atoms with van der Waals surface area (Å²) in [5.74, 6) is -1.46. The van der Waals surface area contributed by atoms with E-state index >= 15 is 0 Å². The maximum Gasteiger partial charge on any atom is 0.262 e. The first kappa shape index (κ1) is 15.4. The molecule has 0 radical (unpaired) electrons. The fourth-order valence-corrected chi connectivity index (χ4v) is 3.44. The van der Waals surface area contributed by atoms with Gasteiger partial charge in [0.1, 0.15) is 11.6 Å². The van der Waals surface area contributed by atoms with Gasteiger partial charge >= 0.3 is 0 Å². The first-order chi connectivity index (χ1) is 13.0. The minimum atomic E-state index is -0.604. The quantitative estimate of drug-likeness (QED) is 0.473. The van der Waals surface area contributed by atoms with Crippen LogP contribution in [0, 0.1) is 5.82 Å². The van der Waals surface area contributed by atoms with Crippen molar-refractivity contribution in [3.8, 4) is 17.2 Å². The Morgan fingerprint density at radius 3 is 2.48 bits per heavy atom. The molecule has 0 saturated carbocycles. The largest absolute Gasteiger partial charge is 0.504 e. The average Bonchev–Trinajstić information content (AvgIpc) is 3.13. The number of rotatable bonds is 2. The van der Waals surface area contributed by atoms with Crippen LogP contribution in [0.1, 0.15) is 20.7 Å². The van der Waals surface area contributed by atoms with Crippen LogP contribution in [-0.4, -0.2) is 21.9 Å². The topological polar surface area (TPSA) is 91.4 Å². The van der Waals surface area contributed by atoms with Crippen LogP contribution in [0.15, 0.2) is 48.5 Å². The molecule has 3 N–H and O–H groups in total. The summed E-state index contributed by atoms with van der Waals surface area (Å²) >= 11 is 0. The van der Waals surface area contributed by atoms with E-state index in [0.717, 1.165) is 0 Å². The molecule has 0 aliphatic carbocycles. The zero-order valence-corrected chi connectivity index (χ0v) is 13.7. The van der Waals surface area contributed by atoms with Gasteiger partial charge in [0.15, 0.2) is 11.5 Å². The van der Waals surface area contributed by atoms with Gasteiger partial charge in [0.25, 0.3) is 11.8 Å². The highest BCUT2D eigenvalue weighted by molar-refractivity contribution is 6.31. The maximum atomic E-state index is 13.7. The van der Waals surface area contributed by atoms with Gasteiger partial charge in [-0.3, -0.25) is 14.9 Å². The second-order valence-corrected chi connectivity index (χ2v) is 6.22. The Bertz CT molecular complexity index is 1290. The molecule has 2 heterocycles. The summed E-state index contributed by atoms with van der Waals surface area (Å²) < 4.78 is 19.5. The van der Waals surface area contributed by atoms with Crippen LogP contribution in [0.5, 0.6) is 17.2 Å². The monoisotopic (exact) mass is 362 g/mol. The van der Waals surface area contributed by atoms with Crippen molar-refractivity contribution in [1.29, 1.82) is 0 Å².